The van der Waals surface area contributed by atoms with Crippen LogP contribution in [0.4, 0.5) is 34.1 Å². The SMILES string of the molecule is c1ccc(N(c2ccccc2)c2ccc(N(c3ccccc3)c3ccc4c(c3)oc3ccc5ccccc5c34)cc2)cc1. The smallest absolute Gasteiger partial charge is 0.137 e. The Bertz CT molecular complexity index is 2130. The minimum Gasteiger partial charge on any atom is -0.456 e. The van der Waals surface area contributed by atoms with Gasteiger partial charge in [-0.05, 0) is 89.6 Å². The van der Waals surface area contributed by atoms with Gasteiger partial charge in [0, 0.05) is 51.0 Å². The number of para-hydroxylation sites is 3. The predicted molar refractivity (Wildman–Crippen MR) is 181 cm³/mol. The number of anilines is 6. The summed E-state index contributed by atoms with van der Waals surface area (Å²) in [5.41, 5.74) is 8.29. The minimum absolute atomic E-state index is 0.876. The van der Waals surface area contributed by atoms with Gasteiger partial charge in [-0.2, -0.15) is 0 Å². The third-order valence-corrected chi connectivity index (χ3v) is 8.01. The van der Waals surface area contributed by atoms with Crippen LogP contribution in [0.5, 0.6) is 0 Å². The zero-order chi connectivity index (χ0) is 28.6. The average molecular weight is 553 g/mol. The Morgan fingerprint density at radius 2 is 0.791 bits per heavy atom. The molecule has 0 aliphatic carbocycles. The Kier molecular flexibility index (Phi) is 6.12. The van der Waals surface area contributed by atoms with E-state index in [-0.39, 0.29) is 0 Å². The molecule has 0 radical (unpaired) electrons. The Morgan fingerprint density at radius 1 is 0.326 bits per heavy atom. The normalized spacial score (nSPS) is 11.3. The molecule has 8 rings (SSSR count). The summed E-state index contributed by atoms with van der Waals surface area (Å²) in [5.74, 6) is 0. The van der Waals surface area contributed by atoms with E-state index in [2.05, 4.69) is 180 Å². The van der Waals surface area contributed by atoms with Crippen LogP contribution < -0.4 is 9.80 Å². The van der Waals surface area contributed by atoms with E-state index in [9.17, 15) is 0 Å². The highest BCUT2D eigenvalue weighted by molar-refractivity contribution is 6.19. The first-order chi connectivity index (χ1) is 21.3. The second-order valence-electron chi connectivity index (χ2n) is 10.6. The summed E-state index contributed by atoms with van der Waals surface area (Å²) >= 11 is 0. The molecule has 0 aliphatic rings. The van der Waals surface area contributed by atoms with Gasteiger partial charge in [0.1, 0.15) is 11.2 Å². The summed E-state index contributed by atoms with van der Waals surface area (Å²) in [6.07, 6.45) is 0. The summed E-state index contributed by atoms with van der Waals surface area (Å²) in [6, 6.07) is 59.5. The van der Waals surface area contributed by atoms with Gasteiger partial charge in [-0.3, -0.25) is 0 Å². The highest BCUT2D eigenvalue weighted by atomic mass is 16.3. The van der Waals surface area contributed by atoms with Crippen LogP contribution in [-0.2, 0) is 0 Å². The van der Waals surface area contributed by atoms with Crippen LogP contribution in [0.25, 0.3) is 32.7 Å². The van der Waals surface area contributed by atoms with Crippen LogP contribution in [0.3, 0.4) is 0 Å². The van der Waals surface area contributed by atoms with Gasteiger partial charge < -0.3 is 14.2 Å². The molecule has 0 unspecified atom stereocenters. The monoisotopic (exact) mass is 552 g/mol. The van der Waals surface area contributed by atoms with Crippen molar-refractivity contribution in [2.75, 3.05) is 9.80 Å². The van der Waals surface area contributed by atoms with E-state index in [1.165, 1.54) is 10.8 Å². The first-order valence-electron chi connectivity index (χ1n) is 14.5. The molecule has 204 valence electrons. The summed E-state index contributed by atoms with van der Waals surface area (Å²) in [7, 11) is 0. The lowest BCUT2D eigenvalue weighted by Crippen LogP contribution is -2.12. The lowest BCUT2D eigenvalue weighted by atomic mass is 10.0. The molecule has 0 aliphatic heterocycles. The van der Waals surface area contributed by atoms with Crippen LogP contribution in [0, 0.1) is 0 Å². The first-order valence-corrected chi connectivity index (χ1v) is 14.5. The van der Waals surface area contributed by atoms with Crippen LogP contribution in [0.15, 0.2) is 174 Å². The lowest BCUT2D eigenvalue weighted by molar-refractivity contribution is 0.669. The summed E-state index contributed by atoms with van der Waals surface area (Å²) < 4.78 is 6.44. The van der Waals surface area contributed by atoms with Gasteiger partial charge >= 0.3 is 0 Å². The molecular formula is C40H28N2O. The Labute approximate surface area is 250 Å². The molecule has 0 amide bonds. The number of benzene rings is 7. The van der Waals surface area contributed by atoms with E-state index in [1.807, 2.05) is 0 Å². The van der Waals surface area contributed by atoms with Crippen molar-refractivity contribution in [1.29, 1.82) is 0 Å². The second-order valence-corrected chi connectivity index (χ2v) is 10.6. The Hall–Kier alpha value is -5.80. The third kappa shape index (κ3) is 4.48. The summed E-state index contributed by atoms with van der Waals surface area (Å²) in [5, 5.41) is 4.72. The summed E-state index contributed by atoms with van der Waals surface area (Å²) in [4.78, 5) is 4.56. The Morgan fingerprint density at radius 3 is 1.37 bits per heavy atom. The lowest BCUT2D eigenvalue weighted by Gasteiger charge is -2.28. The van der Waals surface area contributed by atoms with Crippen molar-refractivity contribution in [3.05, 3.63) is 170 Å². The maximum atomic E-state index is 6.44. The molecule has 0 bridgehead atoms. The van der Waals surface area contributed by atoms with Gasteiger partial charge in [0.05, 0.1) is 0 Å². The number of fused-ring (bicyclic) bond motifs is 5. The molecule has 0 saturated carbocycles. The van der Waals surface area contributed by atoms with Crippen molar-refractivity contribution in [3.63, 3.8) is 0 Å². The molecule has 0 fully saturated rings. The van der Waals surface area contributed by atoms with E-state index in [0.717, 1.165) is 56.1 Å². The van der Waals surface area contributed by atoms with E-state index in [4.69, 9.17) is 4.42 Å². The number of hydrogen-bond donors (Lipinski definition) is 0. The summed E-state index contributed by atoms with van der Waals surface area (Å²) in [6.45, 7) is 0. The largest absolute Gasteiger partial charge is 0.456 e. The van der Waals surface area contributed by atoms with Gasteiger partial charge in [-0.25, -0.2) is 0 Å². The van der Waals surface area contributed by atoms with Crippen molar-refractivity contribution >= 4 is 66.8 Å². The van der Waals surface area contributed by atoms with E-state index in [1.54, 1.807) is 0 Å². The highest BCUT2D eigenvalue weighted by Crippen LogP contribution is 2.41. The zero-order valence-corrected chi connectivity index (χ0v) is 23.5. The number of hydrogen-bond acceptors (Lipinski definition) is 3. The van der Waals surface area contributed by atoms with Crippen LogP contribution >= 0.6 is 0 Å². The van der Waals surface area contributed by atoms with Crippen molar-refractivity contribution in [2.24, 2.45) is 0 Å². The molecule has 0 atom stereocenters. The zero-order valence-electron chi connectivity index (χ0n) is 23.5. The molecule has 8 aromatic rings. The van der Waals surface area contributed by atoms with Gasteiger partial charge in [0.25, 0.3) is 0 Å². The van der Waals surface area contributed by atoms with Crippen molar-refractivity contribution in [3.8, 4) is 0 Å². The fourth-order valence-electron chi connectivity index (χ4n) is 6.05. The van der Waals surface area contributed by atoms with Crippen LogP contribution in [0.2, 0.25) is 0 Å². The molecule has 3 nitrogen and oxygen atoms in total. The highest BCUT2D eigenvalue weighted by Gasteiger charge is 2.18. The number of furan rings is 1. The third-order valence-electron chi connectivity index (χ3n) is 8.01. The van der Waals surface area contributed by atoms with E-state index >= 15 is 0 Å². The molecule has 0 saturated heterocycles. The van der Waals surface area contributed by atoms with Gasteiger partial charge in [0.15, 0.2) is 0 Å². The van der Waals surface area contributed by atoms with Crippen LogP contribution in [-0.4, -0.2) is 0 Å². The van der Waals surface area contributed by atoms with Crippen molar-refractivity contribution in [2.45, 2.75) is 0 Å². The van der Waals surface area contributed by atoms with E-state index in [0.29, 0.717) is 0 Å². The standard InChI is InChI=1S/C40H28N2O/c1-4-13-30(14-5-1)41(31-15-6-2-7-16-31)33-21-23-34(24-22-33)42(32-17-8-3-9-18-32)35-25-26-37-39(28-35)43-38-27-20-29-12-10-11-19-36(29)40(37)38/h1-28H. The van der Waals surface area contributed by atoms with E-state index < -0.39 is 0 Å². The molecular weight excluding hydrogens is 524 g/mol. The fourth-order valence-corrected chi connectivity index (χ4v) is 6.05. The molecule has 0 spiro atoms. The maximum Gasteiger partial charge on any atom is 0.137 e. The van der Waals surface area contributed by atoms with Gasteiger partial charge in [-0.1, -0.05) is 84.9 Å². The molecule has 7 aromatic carbocycles. The first kappa shape index (κ1) is 25.0. The average Bonchev–Trinajstić information content (AvgIpc) is 3.46. The quantitative estimate of drug-likeness (QED) is 0.205. The van der Waals surface area contributed by atoms with Crippen molar-refractivity contribution in [1.82, 2.24) is 0 Å². The Balaban J connectivity index is 1.24. The second kappa shape index (κ2) is 10.6. The molecule has 0 N–H and O–H groups in total. The topological polar surface area (TPSA) is 19.6 Å². The maximum absolute atomic E-state index is 6.44. The van der Waals surface area contributed by atoms with Gasteiger partial charge in [-0.15, -0.1) is 0 Å². The molecule has 3 heteroatoms. The van der Waals surface area contributed by atoms with Gasteiger partial charge in [0.2, 0.25) is 0 Å². The fraction of sp³-hybridized carbons (Fsp3) is 0. The molecule has 1 aromatic heterocycles. The van der Waals surface area contributed by atoms with Crippen LogP contribution in [0.1, 0.15) is 0 Å². The number of nitrogens with zero attached hydrogens (tertiary/aromatic N) is 2. The predicted octanol–water partition coefficient (Wildman–Crippen LogP) is 11.7. The minimum atomic E-state index is 0.876. The van der Waals surface area contributed by atoms with Crippen molar-refractivity contribution < 1.29 is 4.42 Å². The molecule has 43 heavy (non-hydrogen) atoms. The number of rotatable bonds is 6. The molecule has 1 heterocycles.